The fourth-order valence-corrected chi connectivity index (χ4v) is 3.11. The fraction of sp³-hybridized carbons (Fsp3) is 0.462. The van der Waals surface area contributed by atoms with Gasteiger partial charge in [0.05, 0.1) is 11.6 Å². The molecule has 0 aliphatic carbocycles. The molecule has 0 bridgehead atoms. The van der Waals surface area contributed by atoms with Crippen LogP contribution in [0.3, 0.4) is 0 Å². The molecule has 0 aliphatic heterocycles. The van der Waals surface area contributed by atoms with Crippen LogP contribution in [0.5, 0.6) is 0 Å². The van der Waals surface area contributed by atoms with E-state index in [4.69, 9.17) is 0 Å². The van der Waals surface area contributed by atoms with Gasteiger partial charge in [-0.25, -0.2) is 12.8 Å². The molecule has 19 heavy (non-hydrogen) atoms. The van der Waals surface area contributed by atoms with E-state index >= 15 is 0 Å². The molecule has 0 aliphatic rings. The summed E-state index contributed by atoms with van der Waals surface area (Å²) in [4.78, 5) is 11.0. The van der Waals surface area contributed by atoms with Gasteiger partial charge in [-0.15, -0.1) is 0 Å². The molecular formula is C13H16F2O3S. The predicted octanol–water partition coefficient (Wildman–Crippen LogP) is 2.44. The first kappa shape index (κ1) is 15.8. The number of carbonyl (C=O) groups excluding carboxylic acids is 1. The van der Waals surface area contributed by atoms with Crippen molar-refractivity contribution in [2.75, 3.05) is 12.9 Å². The molecule has 0 fully saturated rings. The highest BCUT2D eigenvalue weighted by Crippen LogP contribution is 2.34. The van der Waals surface area contributed by atoms with Crippen LogP contribution < -0.4 is 0 Å². The van der Waals surface area contributed by atoms with Crippen molar-refractivity contribution in [3.63, 3.8) is 0 Å². The number of hydrogen-bond donors (Lipinski definition) is 0. The monoisotopic (exact) mass is 290 g/mol. The molecule has 1 atom stereocenters. The molecule has 0 amide bonds. The molecule has 6 heteroatoms. The van der Waals surface area contributed by atoms with Gasteiger partial charge < -0.3 is 0 Å². The topological polar surface area (TPSA) is 51.2 Å². The Kier molecular flexibility index (Phi) is 4.45. The van der Waals surface area contributed by atoms with Gasteiger partial charge in [0.2, 0.25) is 0 Å². The molecule has 1 unspecified atom stereocenters. The Labute approximate surface area is 111 Å². The molecule has 0 aromatic heterocycles. The van der Waals surface area contributed by atoms with Crippen LogP contribution in [0.2, 0.25) is 0 Å². The maximum Gasteiger partial charge on any atom is 0.175 e. The SMILES string of the molecule is CC(=O)CC(C)(CF)c1ccc(F)cc1S(C)(=O)=O. The molecule has 106 valence electrons. The van der Waals surface area contributed by atoms with Crippen LogP contribution in [0.1, 0.15) is 25.8 Å². The Bertz CT molecular complexity index is 596. The first-order chi connectivity index (χ1) is 8.60. The first-order valence-corrected chi connectivity index (χ1v) is 7.55. The number of hydrogen-bond acceptors (Lipinski definition) is 3. The number of alkyl halides is 1. The molecule has 0 N–H and O–H groups in total. The van der Waals surface area contributed by atoms with E-state index in [-0.39, 0.29) is 22.7 Å². The van der Waals surface area contributed by atoms with Gasteiger partial charge in [-0.3, -0.25) is 9.18 Å². The number of carbonyl (C=O) groups is 1. The maximum atomic E-state index is 13.3. The summed E-state index contributed by atoms with van der Waals surface area (Å²) in [6.07, 6.45) is 0.787. The molecule has 0 saturated heterocycles. The zero-order chi connectivity index (χ0) is 14.8. The third-order valence-electron chi connectivity index (χ3n) is 2.93. The zero-order valence-electron chi connectivity index (χ0n) is 11.0. The van der Waals surface area contributed by atoms with Crippen molar-refractivity contribution in [3.8, 4) is 0 Å². The lowest BCUT2D eigenvalue weighted by Crippen LogP contribution is -2.29. The molecular weight excluding hydrogens is 274 g/mol. The van der Waals surface area contributed by atoms with Gasteiger partial charge in [-0.05, 0) is 24.6 Å². The maximum absolute atomic E-state index is 13.3. The second-order valence-corrected chi connectivity index (χ2v) is 6.97. The Morgan fingerprint density at radius 2 is 1.95 bits per heavy atom. The van der Waals surface area contributed by atoms with Crippen LogP contribution in [0, 0.1) is 5.82 Å². The average molecular weight is 290 g/mol. The van der Waals surface area contributed by atoms with Crippen molar-refractivity contribution in [3.05, 3.63) is 29.6 Å². The molecule has 0 spiro atoms. The van der Waals surface area contributed by atoms with Crippen molar-refractivity contribution in [1.29, 1.82) is 0 Å². The summed E-state index contributed by atoms with van der Waals surface area (Å²) in [5.74, 6) is -0.975. The second-order valence-electron chi connectivity index (χ2n) is 4.99. The zero-order valence-corrected chi connectivity index (χ0v) is 11.9. The minimum Gasteiger partial charge on any atom is -0.300 e. The summed E-state index contributed by atoms with van der Waals surface area (Å²) in [5.41, 5.74) is -1.13. The Morgan fingerprint density at radius 3 is 2.37 bits per heavy atom. The van der Waals surface area contributed by atoms with Crippen LogP contribution in [-0.2, 0) is 20.0 Å². The first-order valence-electron chi connectivity index (χ1n) is 5.65. The number of Topliss-reactive ketones (excluding diaryl/α,β-unsaturated/α-hetero) is 1. The van der Waals surface area contributed by atoms with Crippen molar-refractivity contribution in [2.45, 2.75) is 30.6 Å². The van der Waals surface area contributed by atoms with E-state index in [0.29, 0.717) is 0 Å². The highest BCUT2D eigenvalue weighted by molar-refractivity contribution is 7.90. The minimum atomic E-state index is -3.70. The van der Waals surface area contributed by atoms with Gasteiger partial charge in [0.25, 0.3) is 0 Å². The van der Waals surface area contributed by atoms with Crippen LogP contribution in [0.15, 0.2) is 23.1 Å². The predicted molar refractivity (Wildman–Crippen MR) is 68.1 cm³/mol. The largest absolute Gasteiger partial charge is 0.300 e. The van der Waals surface area contributed by atoms with E-state index in [9.17, 15) is 22.0 Å². The van der Waals surface area contributed by atoms with Crippen LogP contribution in [0.25, 0.3) is 0 Å². The van der Waals surface area contributed by atoms with Gasteiger partial charge in [0.15, 0.2) is 9.84 Å². The number of halogens is 2. The van der Waals surface area contributed by atoms with Gasteiger partial charge >= 0.3 is 0 Å². The standard InChI is InChI=1S/C13H16F2O3S/c1-9(16)7-13(2,8-14)11-5-4-10(15)6-12(11)19(3,17)18/h4-6H,7-8H2,1-3H3. The molecule has 1 aromatic carbocycles. The molecule has 3 nitrogen and oxygen atoms in total. The number of benzene rings is 1. The van der Waals surface area contributed by atoms with E-state index in [1.54, 1.807) is 0 Å². The van der Waals surface area contributed by atoms with Gasteiger partial charge in [-0.2, -0.15) is 0 Å². The summed E-state index contributed by atoms with van der Waals surface area (Å²) in [5, 5.41) is 0. The smallest absolute Gasteiger partial charge is 0.175 e. The second kappa shape index (κ2) is 5.36. The van der Waals surface area contributed by atoms with E-state index in [1.165, 1.54) is 19.9 Å². The normalized spacial score (nSPS) is 15.0. The average Bonchev–Trinajstić information content (AvgIpc) is 2.26. The van der Waals surface area contributed by atoms with Gasteiger partial charge in [0, 0.05) is 18.1 Å². The molecule has 1 rings (SSSR count). The van der Waals surface area contributed by atoms with Crippen LogP contribution in [0.4, 0.5) is 8.78 Å². The van der Waals surface area contributed by atoms with E-state index < -0.39 is 27.7 Å². The van der Waals surface area contributed by atoms with Gasteiger partial charge in [-0.1, -0.05) is 13.0 Å². The summed E-state index contributed by atoms with van der Waals surface area (Å²) in [6, 6.07) is 3.16. The molecule has 0 saturated carbocycles. The third kappa shape index (κ3) is 3.59. The third-order valence-corrected chi connectivity index (χ3v) is 4.06. The summed E-state index contributed by atoms with van der Waals surface area (Å²) < 4.78 is 49.9. The van der Waals surface area contributed by atoms with E-state index in [2.05, 4.69) is 0 Å². The van der Waals surface area contributed by atoms with Crippen molar-refractivity contribution in [1.82, 2.24) is 0 Å². The van der Waals surface area contributed by atoms with E-state index in [0.717, 1.165) is 18.4 Å². The summed E-state index contributed by atoms with van der Waals surface area (Å²) >= 11 is 0. The van der Waals surface area contributed by atoms with Crippen LogP contribution >= 0.6 is 0 Å². The molecule has 0 radical (unpaired) electrons. The number of ketones is 1. The number of rotatable bonds is 5. The molecule has 1 aromatic rings. The van der Waals surface area contributed by atoms with Crippen molar-refractivity contribution < 1.29 is 22.0 Å². The number of sulfone groups is 1. The van der Waals surface area contributed by atoms with Crippen LogP contribution in [-0.4, -0.2) is 27.1 Å². The lowest BCUT2D eigenvalue weighted by molar-refractivity contribution is -0.118. The minimum absolute atomic E-state index is 0.133. The Hall–Kier alpha value is -1.30. The highest BCUT2D eigenvalue weighted by Gasteiger charge is 2.33. The quantitative estimate of drug-likeness (QED) is 0.837. The van der Waals surface area contributed by atoms with Crippen molar-refractivity contribution in [2.24, 2.45) is 0 Å². The Morgan fingerprint density at radius 1 is 1.37 bits per heavy atom. The summed E-state index contributed by atoms with van der Waals surface area (Å²) in [6.45, 7) is 1.86. The molecule has 0 heterocycles. The van der Waals surface area contributed by atoms with Gasteiger partial charge in [0.1, 0.15) is 11.6 Å². The lowest BCUT2D eigenvalue weighted by Gasteiger charge is -2.27. The van der Waals surface area contributed by atoms with Crippen molar-refractivity contribution >= 4 is 15.6 Å². The Balaban J connectivity index is 3.52. The fourth-order valence-electron chi connectivity index (χ4n) is 2.07. The lowest BCUT2D eigenvalue weighted by atomic mass is 9.79. The summed E-state index contributed by atoms with van der Waals surface area (Å²) in [7, 11) is -3.70. The highest BCUT2D eigenvalue weighted by atomic mass is 32.2. The van der Waals surface area contributed by atoms with E-state index in [1.807, 2.05) is 0 Å².